The maximum absolute atomic E-state index is 14.3. The van der Waals surface area contributed by atoms with E-state index in [-0.39, 0.29) is 49.3 Å². The minimum absolute atomic E-state index is 0.0162. The predicted molar refractivity (Wildman–Crippen MR) is 139 cm³/mol. The molecule has 3 fully saturated rings. The van der Waals surface area contributed by atoms with Gasteiger partial charge >= 0.3 is 5.97 Å². The number of nitrogens with one attached hydrogen (secondary N) is 2. The summed E-state index contributed by atoms with van der Waals surface area (Å²) in [5, 5.41) is 12.0. The Morgan fingerprint density at radius 2 is 1.36 bits per heavy atom. The van der Waals surface area contributed by atoms with Crippen molar-refractivity contribution < 1.29 is 47.6 Å². The Balaban J connectivity index is 1.13. The number of alkyl halides is 1. The largest absolute Gasteiger partial charge is 0.463 e. The molecule has 0 amide bonds. The van der Waals surface area contributed by atoms with Gasteiger partial charge in [-0.05, 0) is 38.0 Å². The van der Waals surface area contributed by atoms with Crippen molar-refractivity contribution in [3.05, 3.63) is 0 Å². The van der Waals surface area contributed by atoms with Gasteiger partial charge in [0.2, 0.25) is 0 Å². The third-order valence-electron chi connectivity index (χ3n) is 7.50. The van der Waals surface area contributed by atoms with E-state index in [4.69, 9.17) is 38.4 Å². The summed E-state index contributed by atoms with van der Waals surface area (Å²) in [5.41, 5.74) is 3.07. The first-order valence-corrected chi connectivity index (χ1v) is 14.7. The van der Waals surface area contributed by atoms with Crippen molar-refractivity contribution in [2.45, 2.75) is 69.9 Å². The molecule has 0 aromatic heterocycles. The zero-order chi connectivity index (χ0) is 27.5. The van der Waals surface area contributed by atoms with Crippen LogP contribution in [-0.4, -0.2) is 109 Å². The average Bonchev–Trinajstić information content (AvgIpc) is 3.45. The van der Waals surface area contributed by atoms with Crippen LogP contribution in [0.2, 0.25) is 0 Å². The van der Waals surface area contributed by atoms with Crippen LogP contribution in [0, 0.1) is 17.8 Å². The number of aliphatic hydroxyl groups is 1. The predicted octanol–water partition coefficient (Wildman–Crippen LogP) is 1.72. The van der Waals surface area contributed by atoms with Gasteiger partial charge < -0.3 is 33.5 Å². The van der Waals surface area contributed by atoms with Crippen molar-refractivity contribution >= 4 is 5.97 Å². The maximum Gasteiger partial charge on any atom is 0.309 e. The number of carbonyl (C=O) groups is 1. The number of carbonyl (C=O) groups excluding carboxylic acids is 1. The Morgan fingerprint density at radius 3 is 1.97 bits per heavy atom. The molecule has 0 bridgehead atoms. The van der Waals surface area contributed by atoms with Gasteiger partial charge in [-0.2, -0.15) is 5.48 Å². The molecule has 6 atom stereocenters. The molecule has 3 aliphatic rings. The minimum Gasteiger partial charge on any atom is -0.463 e. The van der Waals surface area contributed by atoms with Crippen LogP contribution < -0.4 is 10.8 Å². The normalized spacial score (nSPS) is 29.5. The Hall–Kier alpha value is -0.960. The van der Waals surface area contributed by atoms with Crippen molar-refractivity contribution in [1.29, 1.82) is 0 Å². The van der Waals surface area contributed by atoms with Crippen LogP contribution >= 0.6 is 0 Å². The fourth-order valence-corrected chi connectivity index (χ4v) is 5.40. The molecule has 1 heterocycles. The summed E-state index contributed by atoms with van der Waals surface area (Å²) in [6, 6.07) is 0. The van der Waals surface area contributed by atoms with Gasteiger partial charge in [0.05, 0.1) is 84.8 Å². The Kier molecular flexibility index (Phi) is 16.7. The van der Waals surface area contributed by atoms with Gasteiger partial charge in [-0.1, -0.05) is 19.3 Å². The molecule has 2 saturated carbocycles. The molecule has 0 radical (unpaired) electrons. The molecule has 0 aromatic carbocycles. The van der Waals surface area contributed by atoms with E-state index in [0.29, 0.717) is 72.5 Å². The molecule has 0 aromatic rings. The van der Waals surface area contributed by atoms with Gasteiger partial charge in [-0.25, -0.2) is 4.39 Å². The van der Waals surface area contributed by atoms with E-state index in [1.807, 2.05) is 0 Å². The summed E-state index contributed by atoms with van der Waals surface area (Å²) < 4.78 is 46.6. The number of hydroxylamine groups is 1. The standard InChI is InChI=1S/C27H49FN2O9/c28-24-7-2-1-6-23(24)26-29-25(30-39-26)21-4-3-5-22(20-21)27(32)38-19-18-37-17-16-36-15-14-35-13-12-34-11-10-33-9-8-31/h21-26,29-31H,1-20H2. The summed E-state index contributed by atoms with van der Waals surface area (Å²) >= 11 is 0. The van der Waals surface area contributed by atoms with E-state index in [1.54, 1.807) is 0 Å². The molecular weight excluding hydrogens is 515 g/mol. The monoisotopic (exact) mass is 564 g/mol. The molecule has 12 heteroatoms. The van der Waals surface area contributed by atoms with E-state index >= 15 is 0 Å². The molecule has 2 aliphatic carbocycles. The smallest absolute Gasteiger partial charge is 0.309 e. The van der Waals surface area contributed by atoms with E-state index in [2.05, 4.69) is 10.8 Å². The summed E-state index contributed by atoms with van der Waals surface area (Å²) in [7, 11) is 0. The highest BCUT2D eigenvalue weighted by Crippen LogP contribution is 2.35. The van der Waals surface area contributed by atoms with E-state index in [1.165, 1.54) is 0 Å². The first-order valence-electron chi connectivity index (χ1n) is 14.7. The third-order valence-corrected chi connectivity index (χ3v) is 7.50. The maximum atomic E-state index is 14.3. The van der Waals surface area contributed by atoms with Gasteiger partial charge in [0.25, 0.3) is 0 Å². The Labute approximate surface area is 231 Å². The lowest BCUT2D eigenvalue weighted by molar-refractivity contribution is -0.152. The average molecular weight is 565 g/mol. The van der Waals surface area contributed by atoms with Crippen molar-refractivity contribution in [3.63, 3.8) is 0 Å². The van der Waals surface area contributed by atoms with Crippen LogP contribution in [0.1, 0.15) is 51.4 Å². The number of hydrogen-bond donors (Lipinski definition) is 3. The number of hydrogen-bond acceptors (Lipinski definition) is 11. The highest BCUT2D eigenvalue weighted by atomic mass is 19.1. The second kappa shape index (κ2) is 20.0. The molecule has 6 unspecified atom stereocenters. The van der Waals surface area contributed by atoms with Crippen LogP contribution in [0.15, 0.2) is 0 Å². The fourth-order valence-electron chi connectivity index (χ4n) is 5.40. The second-order valence-corrected chi connectivity index (χ2v) is 10.3. The van der Waals surface area contributed by atoms with Gasteiger partial charge in [-0.15, -0.1) is 0 Å². The molecular formula is C27H49FN2O9. The molecule has 3 rings (SSSR count). The summed E-state index contributed by atoms with van der Waals surface area (Å²) in [6.45, 7) is 4.58. The molecule has 1 saturated heterocycles. The summed E-state index contributed by atoms with van der Waals surface area (Å²) in [6.07, 6.45) is 5.76. The molecule has 228 valence electrons. The van der Waals surface area contributed by atoms with Crippen LogP contribution in [0.5, 0.6) is 0 Å². The third kappa shape index (κ3) is 12.6. The number of ether oxygens (including phenoxy) is 6. The highest BCUT2D eigenvalue weighted by Gasteiger charge is 2.41. The van der Waals surface area contributed by atoms with Crippen LogP contribution in [0.3, 0.4) is 0 Å². The van der Waals surface area contributed by atoms with Crippen molar-refractivity contribution in [2.24, 2.45) is 17.8 Å². The fraction of sp³-hybridized carbons (Fsp3) is 0.963. The van der Waals surface area contributed by atoms with Crippen molar-refractivity contribution in [3.8, 4) is 0 Å². The second-order valence-electron chi connectivity index (χ2n) is 10.3. The topological polar surface area (TPSA) is 126 Å². The molecule has 39 heavy (non-hydrogen) atoms. The quantitative estimate of drug-likeness (QED) is 0.148. The molecule has 0 spiro atoms. The first-order chi connectivity index (χ1) is 19.2. The minimum atomic E-state index is -0.820. The van der Waals surface area contributed by atoms with Crippen LogP contribution in [0.25, 0.3) is 0 Å². The number of halogens is 1. The summed E-state index contributed by atoms with van der Waals surface area (Å²) in [5.74, 6) is -0.183. The van der Waals surface area contributed by atoms with Crippen LogP contribution in [-0.2, 0) is 38.1 Å². The highest BCUT2D eigenvalue weighted by molar-refractivity contribution is 5.72. The number of aliphatic hydroxyl groups excluding tert-OH is 1. The number of esters is 1. The molecule has 11 nitrogen and oxygen atoms in total. The lowest BCUT2D eigenvalue weighted by Crippen LogP contribution is -2.46. The zero-order valence-corrected chi connectivity index (χ0v) is 23.2. The summed E-state index contributed by atoms with van der Waals surface area (Å²) in [4.78, 5) is 18.3. The lowest BCUT2D eigenvalue weighted by Gasteiger charge is -2.32. The SMILES string of the molecule is O=C(OCCOCCOCCOCCOCCOCCO)C1CCCC(C2NOC(C3CCCCC3F)N2)C1. The van der Waals surface area contributed by atoms with Gasteiger partial charge in [0.1, 0.15) is 19.0 Å². The molecule has 3 N–H and O–H groups in total. The van der Waals surface area contributed by atoms with E-state index in [9.17, 15) is 9.18 Å². The van der Waals surface area contributed by atoms with Crippen molar-refractivity contribution in [2.75, 3.05) is 79.3 Å². The van der Waals surface area contributed by atoms with Gasteiger partial charge in [-0.3, -0.25) is 14.9 Å². The van der Waals surface area contributed by atoms with E-state index in [0.717, 1.165) is 44.9 Å². The van der Waals surface area contributed by atoms with Gasteiger partial charge in [0.15, 0.2) is 0 Å². The first kappa shape index (κ1) is 32.6. The Morgan fingerprint density at radius 1 is 0.769 bits per heavy atom. The number of rotatable bonds is 20. The Bertz CT molecular complexity index is 650. The van der Waals surface area contributed by atoms with Gasteiger partial charge in [0, 0.05) is 5.92 Å². The lowest BCUT2D eigenvalue weighted by atomic mass is 9.79. The van der Waals surface area contributed by atoms with Crippen molar-refractivity contribution in [1.82, 2.24) is 10.8 Å². The van der Waals surface area contributed by atoms with Crippen LogP contribution in [0.4, 0.5) is 4.39 Å². The van der Waals surface area contributed by atoms with E-state index < -0.39 is 6.17 Å². The zero-order valence-electron chi connectivity index (χ0n) is 23.2. The molecule has 1 aliphatic heterocycles.